The van der Waals surface area contributed by atoms with E-state index in [1.54, 1.807) is 0 Å². The fourth-order valence-electron chi connectivity index (χ4n) is 2.68. The largest absolute Gasteiger partial charge is 0.330 e. The molecule has 118 valence electrons. The van der Waals surface area contributed by atoms with Crippen LogP contribution in [0.4, 0.5) is 0 Å². The Morgan fingerprint density at radius 3 is 2.57 bits per heavy atom. The fraction of sp³-hybridized carbons (Fsp3) is 0.600. The number of hydrogen-bond acceptors (Lipinski definition) is 3. The van der Waals surface area contributed by atoms with Crippen LogP contribution in [-0.2, 0) is 16.6 Å². The lowest BCUT2D eigenvalue weighted by Crippen LogP contribution is -2.46. The molecule has 0 bridgehead atoms. The van der Waals surface area contributed by atoms with Gasteiger partial charge in [-0.3, -0.25) is 0 Å². The third-order valence-corrected chi connectivity index (χ3v) is 5.80. The number of nitrogens with one attached hydrogen (secondary N) is 1. The molecule has 0 atom stereocenters. The summed E-state index contributed by atoms with van der Waals surface area (Å²) in [6.07, 6.45) is 2.43. The highest BCUT2D eigenvalue weighted by Gasteiger charge is 2.26. The minimum atomic E-state index is -3.36. The van der Waals surface area contributed by atoms with Crippen LogP contribution in [0.25, 0.3) is 0 Å². The zero-order valence-electron chi connectivity index (χ0n) is 12.6. The van der Waals surface area contributed by atoms with Gasteiger partial charge in [0.1, 0.15) is 0 Å². The average molecular weight is 311 g/mol. The van der Waals surface area contributed by atoms with Crippen LogP contribution in [0.15, 0.2) is 24.3 Å². The lowest BCUT2D eigenvalue weighted by molar-refractivity contribution is 0.276. The van der Waals surface area contributed by atoms with Crippen molar-refractivity contribution in [1.29, 1.82) is 0 Å². The summed E-state index contributed by atoms with van der Waals surface area (Å²) in [6.45, 7) is 4.27. The highest BCUT2D eigenvalue weighted by atomic mass is 32.2. The maximum absolute atomic E-state index is 12.2. The van der Waals surface area contributed by atoms with Crippen LogP contribution in [0.2, 0.25) is 0 Å². The lowest BCUT2D eigenvalue weighted by atomic mass is 9.99. The molecule has 21 heavy (non-hydrogen) atoms. The predicted octanol–water partition coefficient (Wildman–Crippen LogP) is 1.04. The molecule has 6 heteroatoms. The Balaban J connectivity index is 1.83. The molecule has 1 aliphatic rings. The van der Waals surface area contributed by atoms with E-state index >= 15 is 0 Å². The van der Waals surface area contributed by atoms with Crippen molar-refractivity contribution in [3.05, 3.63) is 35.4 Å². The summed E-state index contributed by atoms with van der Waals surface area (Å²) in [7, 11) is -3.36. The number of piperidine rings is 1. The van der Waals surface area contributed by atoms with Crippen molar-refractivity contribution < 1.29 is 8.42 Å². The molecule has 5 nitrogen and oxygen atoms in total. The number of aryl methyl sites for hydroxylation is 1. The zero-order valence-corrected chi connectivity index (χ0v) is 13.4. The van der Waals surface area contributed by atoms with Gasteiger partial charge in [0.2, 0.25) is 0 Å². The van der Waals surface area contributed by atoms with Gasteiger partial charge >= 0.3 is 0 Å². The highest BCUT2D eigenvalue weighted by Crippen LogP contribution is 2.17. The number of benzene rings is 1. The summed E-state index contributed by atoms with van der Waals surface area (Å²) in [4.78, 5) is 0. The molecule has 3 N–H and O–H groups in total. The van der Waals surface area contributed by atoms with E-state index in [-0.39, 0.29) is 0 Å². The molecule has 2 rings (SSSR count). The molecule has 1 aliphatic heterocycles. The van der Waals surface area contributed by atoms with E-state index in [9.17, 15) is 8.42 Å². The van der Waals surface area contributed by atoms with Gasteiger partial charge in [0.25, 0.3) is 10.2 Å². The third kappa shape index (κ3) is 4.51. The van der Waals surface area contributed by atoms with E-state index in [1.807, 2.05) is 31.2 Å². The maximum atomic E-state index is 12.2. The Bertz CT molecular complexity index is 552. The summed E-state index contributed by atoms with van der Waals surface area (Å²) in [5.41, 5.74) is 8.01. The van der Waals surface area contributed by atoms with E-state index < -0.39 is 10.2 Å². The van der Waals surface area contributed by atoms with Gasteiger partial charge in [-0.2, -0.15) is 12.7 Å². The van der Waals surface area contributed by atoms with Gasteiger partial charge < -0.3 is 5.73 Å². The van der Waals surface area contributed by atoms with Crippen molar-refractivity contribution in [2.24, 2.45) is 11.7 Å². The van der Waals surface area contributed by atoms with Crippen LogP contribution in [0, 0.1) is 12.8 Å². The summed E-state index contributed by atoms with van der Waals surface area (Å²) in [6, 6.07) is 8.05. The Morgan fingerprint density at radius 2 is 1.95 bits per heavy atom. The average Bonchev–Trinajstić information content (AvgIpc) is 2.49. The molecule has 0 radical (unpaired) electrons. The first-order chi connectivity index (χ1) is 10.0. The molecular formula is C15H25N3O2S. The second kappa shape index (κ2) is 7.35. The molecule has 1 fully saturated rings. The van der Waals surface area contributed by atoms with Gasteiger partial charge in [-0.15, -0.1) is 0 Å². The quantitative estimate of drug-likeness (QED) is 0.824. The van der Waals surface area contributed by atoms with Gasteiger partial charge in [0.05, 0.1) is 0 Å². The smallest absolute Gasteiger partial charge is 0.279 e. The van der Waals surface area contributed by atoms with Crippen LogP contribution in [-0.4, -0.2) is 38.9 Å². The second-order valence-corrected chi connectivity index (χ2v) is 7.41. The summed E-state index contributed by atoms with van der Waals surface area (Å²) >= 11 is 0. The van der Waals surface area contributed by atoms with Crippen molar-refractivity contribution in [1.82, 2.24) is 9.03 Å². The summed E-state index contributed by atoms with van der Waals surface area (Å²) in [5.74, 6) is 0.461. The lowest BCUT2D eigenvalue weighted by Gasteiger charge is -2.30. The van der Waals surface area contributed by atoms with E-state index in [1.165, 1.54) is 15.4 Å². The highest BCUT2D eigenvalue weighted by molar-refractivity contribution is 7.87. The molecule has 0 aromatic heterocycles. The van der Waals surface area contributed by atoms with Gasteiger partial charge in [-0.1, -0.05) is 24.3 Å². The molecule has 0 amide bonds. The van der Waals surface area contributed by atoms with Gasteiger partial charge in [-0.05, 0) is 49.8 Å². The van der Waals surface area contributed by atoms with Gasteiger partial charge in [-0.25, -0.2) is 4.72 Å². The number of rotatable bonds is 6. The van der Waals surface area contributed by atoms with Crippen molar-refractivity contribution in [2.45, 2.75) is 26.2 Å². The van der Waals surface area contributed by atoms with E-state index in [2.05, 4.69) is 4.72 Å². The first-order valence-electron chi connectivity index (χ1n) is 7.52. The van der Waals surface area contributed by atoms with E-state index in [0.717, 1.165) is 12.8 Å². The number of nitrogens with two attached hydrogens (primary N) is 1. The molecule has 0 spiro atoms. The molecule has 1 heterocycles. The molecule has 1 aromatic rings. The standard InChI is InChI=1S/C15H25N3O2S/c1-13-4-2-3-5-15(13)6-9-17-21(19,20)18-10-7-14(12-16)8-11-18/h2-5,14,17H,6-12,16H2,1H3. The minimum Gasteiger partial charge on any atom is -0.330 e. The Hall–Kier alpha value is -0.950. The zero-order chi connectivity index (χ0) is 15.3. The van der Waals surface area contributed by atoms with Gasteiger partial charge in [0.15, 0.2) is 0 Å². The second-order valence-electron chi connectivity index (χ2n) is 5.65. The predicted molar refractivity (Wildman–Crippen MR) is 85.2 cm³/mol. The first-order valence-corrected chi connectivity index (χ1v) is 8.96. The monoisotopic (exact) mass is 311 g/mol. The number of nitrogens with zero attached hydrogens (tertiary/aromatic N) is 1. The number of hydrogen-bond donors (Lipinski definition) is 2. The molecule has 0 saturated carbocycles. The van der Waals surface area contributed by atoms with Crippen molar-refractivity contribution in [3.8, 4) is 0 Å². The summed E-state index contributed by atoms with van der Waals surface area (Å²) in [5, 5.41) is 0. The maximum Gasteiger partial charge on any atom is 0.279 e. The minimum absolute atomic E-state index is 0.435. The van der Waals surface area contributed by atoms with Crippen LogP contribution in [0.3, 0.4) is 0 Å². The van der Waals surface area contributed by atoms with Crippen LogP contribution in [0.5, 0.6) is 0 Å². The SMILES string of the molecule is Cc1ccccc1CCNS(=O)(=O)N1CCC(CN)CC1. The normalized spacial score (nSPS) is 18.0. The van der Waals surface area contributed by atoms with Gasteiger partial charge in [0, 0.05) is 19.6 Å². The third-order valence-electron chi connectivity index (χ3n) is 4.19. The van der Waals surface area contributed by atoms with Crippen LogP contribution >= 0.6 is 0 Å². The van der Waals surface area contributed by atoms with E-state index in [4.69, 9.17) is 5.73 Å². The van der Waals surface area contributed by atoms with Crippen LogP contribution < -0.4 is 10.5 Å². The van der Waals surface area contributed by atoms with E-state index in [0.29, 0.717) is 38.5 Å². The van der Waals surface area contributed by atoms with Crippen LogP contribution in [0.1, 0.15) is 24.0 Å². The topological polar surface area (TPSA) is 75.4 Å². The molecule has 0 aliphatic carbocycles. The van der Waals surface area contributed by atoms with Crippen molar-refractivity contribution in [2.75, 3.05) is 26.2 Å². The molecule has 1 aromatic carbocycles. The molecular weight excluding hydrogens is 286 g/mol. The first kappa shape index (κ1) is 16.4. The Kier molecular flexibility index (Phi) is 5.75. The molecule has 0 unspecified atom stereocenters. The van der Waals surface area contributed by atoms with Crippen molar-refractivity contribution in [3.63, 3.8) is 0 Å². The Labute approximate surface area is 127 Å². The Morgan fingerprint density at radius 1 is 1.29 bits per heavy atom. The fourth-order valence-corrected chi connectivity index (χ4v) is 3.92. The molecule has 1 saturated heterocycles. The van der Waals surface area contributed by atoms with Crippen molar-refractivity contribution >= 4 is 10.2 Å². The summed E-state index contributed by atoms with van der Waals surface area (Å²) < 4.78 is 28.7.